The molecule has 3 aromatic rings. The van der Waals surface area contributed by atoms with E-state index in [1.54, 1.807) is 50.0 Å². The zero-order valence-corrected chi connectivity index (χ0v) is 20.5. The molecule has 188 valence electrons. The van der Waals surface area contributed by atoms with Crippen molar-refractivity contribution >= 4 is 23.3 Å². The van der Waals surface area contributed by atoms with Crippen LogP contribution >= 0.6 is 0 Å². The monoisotopic (exact) mass is 492 g/mol. The number of nitrogens with one attached hydrogen (secondary N) is 2. The lowest BCUT2D eigenvalue weighted by molar-refractivity contribution is -0.118. The van der Waals surface area contributed by atoms with E-state index in [0.717, 1.165) is 0 Å². The Hall–Kier alpha value is -3.85. The number of carbonyl (C=O) groups excluding carboxylic acids is 3. The normalized spacial score (nSPS) is 17.5. The zero-order chi connectivity index (χ0) is 26.0. The average Bonchev–Trinajstić information content (AvgIpc) is 3.12. The number of hydrogen-bond acceptors (Lipinski definition) is 5. The van der Waals surface area contributed by atoms with E-state index in [1.165, 1.54) is 18.2 Å². The van der Waals surface area contributed by atoms with Crippen LogP contribution in [0.25, 0.3) is 11.3 Å². The molecule has 4 rings (SSSR count). The molecule has 1 aromatic carbocycles. The van der Waals surface area contributed by atoms with Gasteiger partial charge in [-0.15, -0.1) is 0 Å². The summed E-state index contributed by atoms with van der Waals surface area (Å²) in [6.07, 6.45) is 5.13. The maximum absolute atomic E-state index is 13.7. The summed E-state index contributed by atoms with van der Waals surface area (Å²) >= 11 is 0. The fourth-order valence-electron chi connectivity index (χ4n) is 4.76. The molecule has 3 N–H and O–H groups in total. The lowest BCUT2D eigenvalue weighted by Crippen LogP contribution is -2.42. The van der Waals surface area contributed by atoms with Crippen molar-refractivity contribution in [1.29, 1.82) is 0 Å². The summed E-state index contributed by atoms with van der Waals surface area (Å²) in [6.45, 7) is 3.23. The standard InChI is InChI=1S/C27H29FN4O4/c1-15-13-19(8-11-21(15)28)31-26(35)22-16(2)23(32(3)24(22)17-5-4-12-29-14-17)25(34)27(36)30-18-6-9-20(33)10-7-18/h4-5,8,11-14,18,20,33H,6-7,9-10H2,1-3H3,(H,30,36)(H,31,35). The first-order valence-corrected chi connectivity index (χ1v) is 11.9. The highest BCUT2D eigenvalue weighted by molar-refractivity contribution is 6.43. The van der Waals surface area contributed by atoms with Crippen LogP contribution in [0.1, 0.15) is 57.7 Å². The number of ketones is 1. The Bertz CT molecular complexity index is 1310. The van der Waals surface area contributed by atoms with Crippen molar-refractivity contribution < 1.29 is 23.9 Å². The van der Waals surface area contributed by atoms with Gasteiger partial charge < -0.3 is 20.3 Å². The van der Waals surface area contributed by atoms with Gasteiger partial charge in [0.1, 0.15) is 5.82 Å². The number of pyridine rings is 1. The number of Topliss-reactive ketones (excluding diaryl/α,β-unsaturated/α-hetero) is 1. The van der Waals surface area contributed by atoms with Crippen LogP contribution in [-0.2, 0) is 11.8 Å². The summed E-state index contributed by atoms with van der Waals surface area (Å²) in [5.41, 5.74) is 2.51. The van der Waals surface area contributed by atoms with Crippen molar-refractivity contribution in [3.63, 3.8) is 0 Å². The van der Waals surface area contributed by atoms with Crippen LogP contribution in [0.4, 0.5) is 10.1 Å². The molecule has 36 heavy (non-hydrogen) atoms. The van der Waals surface area contributed by atoms with E-state index in [0.29, 0.717) is 53.8 Å². The van der Waals surface area contributed by atoms with Crippen molar-refractivity contribution in [3.05, 3.63) is 70.9 Å². The second kappa shape index (κ2) is 10.4. The number of amides is 2. The third-order valence-electron chi connectivity index (χ3n) is 6.67. The number of halogens is 1. The Labute approximate surface area is 208 Å². The Morgan fingerprint density at radius 3 is 2.47 bits per heavy atom. The molecule has 0 saturated heterocycles. The fraction of sp³-hybridized carbons (Fsp3) is 0.333. The molecule has 1 aliphatic rings. The van der Waals surface area contributed by atoms with Crippen LogP contribution in [-0.4, -0.2) is 44.4 Å². The third kappa shape index (κ3) is 5.06. The molecule has 8 nitrogen and oxygen atoms in total. The highest BCUT2D eigenvalue weighted by atomic mass is 19.1. The number of carbonyl (C=O) groups is 3. The van der Waals surface area contributed by atoms with Gasteiger partial charge in [-0.25, -0.2) is 4.39 Å². The SMILES string of the molecule is Cc1cc(NC(=O)c2c(C)c(C(=O)C(=O)NC3CCC(O)CC3)n(C)c2-c2cccnc2)ccc1F. The van der Waals surface area contributed by atoms with Crippen LogP contribution in [0.15, 0.2) is 42.7 Å². The maximum Gasteiger partial charge on any atom is 0.294 e. The molecule has 0 radical (unpaired) electrons. The smallest absolute Gasteiger partial charge is 0.294 e. The van der Waals surface area contributed by atoms with Crippen molar-refractivity contribution in [2.45, 2.75) is 51.7 Å². The average molecular weight is 493 g/mol. The summed E-state index contributed by atoms with van der Waals surface area (Å²) in [6, 6.07) is 7.55. The van der Waals surface area contributed by atoms with Crippen LogP contribution in [0.5, 0.6) is 0 Å². The summed E-state index contributed by atoms with van der Waals surface area (Å²) in [4.78, 5) is 43.8. The van der Waals surface area contributed by atoms with Gasteiger partial charge in [-0.05, 0) is 81.0 Å². The van der Waals surface area contributed by atoms with Crippen LogP contribution in [0.2, 0.25) is 0 Å². The number of aliphatic hydroxyl groups is 1. The first kappa shape index (κ1) is 25.2. The number of aromatic nitrogens is 2. The Morgan fingerprint density at radius 1 is 1.11 bits per heavy atom. The molecule has 2 amide bonds. The van der Waals surface area contributed by atoms with Gasteiger partial charge in [-0.2, -0.15) is 0 Å². The fourth-order valence-corrected chi connectivity index (χ4v) is 4.76. The van der Waals surface area contributed by atoms with Gasteiger partial charge in [0.2, 0.25) is 0 Å². The van der Waals surface area contributed by atoms with Gasteiger partial charge in [-0.3, -0.25) is 19.4 Å². The molecular weight excluding hydrogens is 463 g/mol. The van der Waals surface area contributed by atoms with Gasteiger partial charge in [0.15, 0.2) is 0 Å². The van der Waals surface area contributed by atoms with Crippen LogP contribution in [0, 0.1) is 19.7 Å². The number of nitrogens with zero attached hydrogens (tertiary/aromatic N) is 2. The first-order valence-electron chi connectivity index (χ1n) is 11.9. The molecule has 1 saturated carbocycles. The predicted octanol–water partition coefficient (Wildman–Crippen LogP) is 3.70. The molecular formula is C27H29FN4O4. The molecule has 0 atom stereocenters. The van der Waals surface area contributed by atoms with Crippen molar-refractivity contribution in [2.75, 3.05) is 5.32 Å². The highest BCUT2D eigenvalue weighted by Gasteiger charge is 2.32. The maximum atomic E-state index is 13.7. The largest absolute Gasteiger partial charge is 0.393 e. The molecule has 1 fully saturated rings. The van der Waals surface area contributed by atoms with E-state index in [4.69, 9.17) is 0 Å². The summed E-state index contributed by atoms with van der Waals surface area (Å²) in [5.74, 6) is -2.37. The van der Waals surface area contributed by atoms with Gasteiger partial charge in [0, 0.05) is 36.7 Å². The number of aryl methyl sites for hydroxylation is 1. The second-order valence-corrected chi connectivity index (χ2v) is 9.22. The minimum absolute atomic E-state index is 0.0997. The van der Waals surface area contributed by atoms with E-state index in [2.05, 4.69) is 15.6 Å². The lowest BCUT2D eigenvalue weighted by Gasteiger charge is -2.25. The molecule has 0 bridgehead atoms. The van der Waals surface area contributed by atoms with Crippen LogP contribution < -0.4 is 10.6 Å². The number of benzene rings is 1. The highest BCUT2D eigenvalue weighted by Crippen LogP contribution is 2.32. The Morgan fingerprint density at radius 2 is 1.83 bits per heavy atom. The molecule has 2 heterocycles. The van der Waals surface area contributed by atoms with E-state index in [9.17, 15) is 23.9 Å². The van der Waals surface area contributed by atoms with Crippen molar-refractivity contribution in [3.8, 4) is 11.3 Å². The van der Waals surface area contributed by atoms with Crippen molar-refractivity contribution in [1.82, 2.24) is 14.9 Å². The van der Waals surface area contributed by atoms with Crippen molar-refractivity contribution in [2.24, 2.45) is 7.05 Å². The quantitative estimate of drug-likeness (QED) is 0.359. The molecule has 9 heteroatoms. The topological polar surface area (TPSA) is 113 Å². The molecule has 0 unspecified atom stereocenters. The number of anilines is 1. The van der Waals surface area contributed by atoms with E-state index >= 15 is 0 Å². The van der Waals surface area contributed by atoms with Gasteiger partial charge >= 0.3 is 0 Å². The van der Waals surface area contributed by atoms with E-state index in [-0.39, 0.29) is 29.2 Å². The minimum atomic E-state index is -0.751. The Kier molecular flexibility index (Phi) is 7.30. The molecule has 2 aromatic heterocycles. The number of hydrogen-bond donors (Lipinski definition) is 3. The molecule has 1 aliphatic carbocycles. The van der Waals surface area contributed by atoms with E-state index in [1.807, 2.05) is 0 Å². The third-order valence-corrected chi connectivity index (χ3v) is 6.67. The van der Waals surface area contributed by atoms with Crippen LogP contribution in [0.3, 0.4) is 0 Å². The summed E-state index contributed by atoms with van der Waals surface area (Å²) < 4.78 is 15.3. The zero-order valence-electron chi connectivity index (χ0n) is 20.5. The molecule has 0 spiro atoms. The van der Waals surface area contributed by atoms with E-state index < -0.39 is 17.6 Å². The minimum Gasteiger partial charge on any atom is -0.393 e. The summed E-state index contributed by atoms with van der Waals surface area (Å²) in [5, 5.41) is 15.3. The molecule has 0 aliphatic heterocycles. The first-order chi connectivity index (χ1) is 17.2. The predicted molar refractivity (Wildman–Crippen MR) is 133 cm³/mol. The van der Waals surface area contributed by atoms with Gasteiger partial charge in [0.25, 0.3) is 17.6 Å². The number of rotatable bonds is 6. The second-order valence-electron chi connectivity index (χ2n) is 9.22. The van der Waals surface area contributed by atoms with Gasteiger partial charge in [0.05, 0.1) is 23.1 Å². The lowest BCUT2D eigenvalue weighted by atomic mass is 9.93. The summed E-state index contributed by atoms with van der Waals surface area (Å²) in [7, 11) is 1.63. The number of aliphatic hydroxyl groups excluding tert-OH is 1. The van der Waals surface area contributed by atoms with Gasteiger partial charge in [-0.1, -0.05) is 0 Å². The Balaban J connectivity index is 1.70.